The van der Waals surface area contributed by atoms with E-state index in [1.807, 2.05) is 35.9 Å². The molecule has 29 heavy (non-hydrogen) atoms. The minimum absolute atomic E-state index is 0.0163. The van der Waals surface area contributed by atoms with Crippen LogP contribution in [0.4, 0.5) is 14.6 Å². The number of amides is 1. The molecule has 0 spiro atoms. The Bertz CT molecular complexity index is 1290. The van der Waals surface area contributed by atoms with Crippen LogP contribution in [0.5, 0.6) is 0 Å². The number of hydrogen-bond donors (Lipinski definition) is 1. The van der Waals surface area contributed by atoms with Gasteiger partial charge in [-0.05, 0) is 30.7 Å². The summed E-state index contributed by atoms with van der Waals surface area (Å²) in [6, 6.07) is 11.7. The van der Waals surface area contributed by atoms with E-state index >= 15 is 0 Å². The molecule has 0 fully saturated rings. The van der Waals surface area contributed by atoms with Gasteiger partial charge in [-0.1, -0.05) is 24.3 Å². The third kappa shape index (κ3) is 2.55. The van der Waals surface area contributed by atoms with Crippen molar-refractivity contribution in [1.29, 1.82) is 0 Å². The molecule has 1 aliphatic rings. The monoisotopic (exact) mass is 393 g/mol. The molecule has 3 heterocycles. The summed E-state index contributed by atoms with van der Waals surface area (Å²) in [4.78, 5) is 17.1. The third-order valence-electron chi connectivity index (χ3n) is 5.41. The lowest BCUT2D eigenvalue weighted by atomic mass is 9.85. The van der Waals surface area contributed by atoms with Crippen molar-refractivity contribution in [3.8, 4) is 5.95 Å². The number of aromatic nitrogens is 4. The SMILES string of the molecule is Cc1nn(-c2nc3ccccc3n2C)c2c1[C@@H](c1cccc(F)c1F)CC(=O)N2. The Morgan fingerprint density at radius 1 is 1.14 bits per heavy atom. The number of rotatable bonds is 2. The average Bonchev–Trinajstić information content (AvgIpc) is 3.21. The van der Waals surface area contributed by atoms with Crippen molar-refractivity contribution in [3.63, 3.8) is 0 Å². The summed E-state index contributed by atoms with van der Waals surface area (Å²) >= 11 is 0. The highest BCUT2D eigenvalue weighted by Crippen LogP contribution is 2.41. The molecule has 2 aromatic carbocycles. The van der Waals surface area contributed by atoms with Crippen LogP contribution in [0.3, 0.4) is 0 Å². The second-order valence-electron chi connectivity index (χ2n) is 7.17. The van der Waals surface area contributed by atoms with Crippen molar-refractivity contribution < 1.29 is 13.6 Å². The van der Waals surface area contributed by atoms with Gasteiger partial charge in [0.2, 0.25) is 11.9 Å². The zero-order chi connectivity index (χ0) is 20.3. The maximum atomic E-state index is 14.5. The first-order valence-electron chi connectivity index (χ1n) is 9.21. The molecule has 1 aliphatic heterocycles. The number of benzene rings is 2. The normalized spacial score (nSPS) is 16.1. The smallest absolute Gasteiger partial charge is 0.233 e. The molecule has 0 bridgehead atoms. The quantitative estimate of drug-likeness (QED) is 0.563. The Labute approximate surface area is 164 Å². The van der Waals surface area contributed by atoms with Gasteiger partial charge in [0.05, 0.1) is 16.7 Å². The second kappa shape index (κ2) is 6.23. The molecule has 4 aromatic rings. The van der Waals surface area contributed by atoms with Crippen LogP contribution in [0, 0.1) is 18.6 Å². The number of para-hydroxylation sites is 2. The van der Waals surface area contributed by atoms with Crippen LogP contribution in [0.25, 0.3) is 17.0 Å². The predicted octanol–water partition coefficient (Wildman–Crippen LogP) is 3.82. The molecule has 0 saturated heterocycles. The second-order valence-corrected chi connectivity index (χ2v) is 7.17. The van der Waals surface area contributed by atoms with Gasteiger partial charge in [-0.3, -0.25) is 4.79 Å². The molecule has 6 nitrogen and oxygen atoms in total. The van der Waals surface area contributed by atoms with Crippen molar-refractivity contribution in [1.82, 2.24) is 19.3 Å². The molecule has 0 radical (unpaired) electrons. The Hall–Kier alpha value is -3.55. The number of carbonyl (C=O) groups is 1. The number of carbonyl (C=O) groups excluding carboxylic acids is 1. The predicted molar refractivity (Wildman–Crippen MR) is 104 cm³/mol. The lowest BCUT2D eigenvalue weighted by Crippen LogP contribution is -2.26. The van der Waals surface area contributed by atoms with E-state index in [-0.39, 0.29) is 17.9 Å². The molecule has 0 aliphatic carbocycles. The van der Waals surface area contributed by atoms with Crippen LogP contribution in [0.1, 0.15) is 29.2 Å². The number of fused-ring (bicyclic) bond motifs is 2. The van der Waals surface area contributed by atoms with Gasteiger partial charge < -0.3 is 9.88 Å². The van der Waals surface area contributed by atoms with E-state index in [4.69, 9.17) is 0 Å². The summed E-state index contributed by atoms with van der Waals surface area (Å²) in [5.41, 5.74) is 3.15. The summed E-state index contributed by atoms with van der Waals surface area (Å²) in [7, 11) is 1.86. The first-order valence-corrected chi connectivity index (χ1v) is 9.21. The van der Waals surface area contributed by atoms with Gasteiger partial charge in [0.1, 0.15) is 5.82 Å². The largest absolute Gasteiger partial charge is 0.311 e. The van der Waals surface area contributed by atoms with E-state index in [1.165, 1.54) is 12.1 Å². The first kappa shape index (κ1) is 17.5. The van der Waals surface area contributed by atoms with Crippen LogP contribution >= 0.6 is 0 Å². The molecule has 1 amide bonds. The van der Waals surface area contributed by atoms with Crippen LogP contribution in [0.2, 0.25) is 0 Å². The van der Waals surface area contributed by atoms with Crippen molar-refractivity contribution in [2.24, 2.45) is 7.05 Å². The molecule has 146 valence electrons. The number of aryl methyl sites for hydroxylation is 2. The Kier molecular flexibility index (Phi) is 3.77. The van der Waals surface area contributed by atoms with E-state index in [1.54, 1.807) is 11.6 Å². The fourth-order valence-corrected chi connectivity index (χ4v) is 4.07. The van der Waals surface area contributed by atoms with E-state index in [2.05, 4.69) is 15.4 Å². The zero-order valence-electron chi connectivity index (χ0n) is 15.8. The number of imidazole rings is 1. The molecule has 2 aromatic heterocycles. The van der Waals surface area contributed by atoms with Crippen LogP contribution in [-0.4, -0.2) is 25.2 Å². The fraction of sp³-hybridized carbons (Fsp3) is 0.190. The highest BCUT2D eigenvalue weighted by atomic mass is 19.2. The number of nitrogens with one attached hydrogen (secondary N) is 1. The maximum Gasteiger partial charge on any atom is 0.233 e. The number of hydrogen-bond acceptors (Lipinski definition) is 3. The molecule has 1 N–H and O–H groups in total. The van der Waals surface area contributed by atoms with Crippen molar-refractivity contribution in [2.75, 3.05) is 5.32 Å². The number of halogens is 2. The maximum absolute atomic E-state index is 14.5. The van der Waals surface area contributed by atoms with Crippen molar-refractivity contribution in [2.45, 2.75) is 19.3 Å². The lowest BCUT2D eigenvalue weighted by Gasteiger charge is -2.24. The Morgan fingerprint density at radius 3 is 2.72 bits per heavy atom. The van der Waals surface area contributed by atoms with Gasteiger partial charge in [0, 0.05) is 24.9 Å². The van der Waals surface area contributed by atoms with E-state index < -0.39 is 17.6 Å². The minimum Gasteiger partial charge on any atom is -0.311 e. The van der Waals surface area contributed by atoms with Crippen molar-refractivity contribution in [3.05, 3.63) is 70.9 Å². The average molecular weight is 393 g/mol. The highest BCUT2D eigenvalue weighted by molar-refractivity contribution is 5.95. The van der Waals surface area contributed by atoms with Gasteiger partial charge in [-0.15, -0.1) is 0 Å². The molecule has 5 rings (SSSR count). The van der Waals surface area contributed by atoms with Crippen molar-refractivity contribution >= 4 is 22.8 Å². The zero-order valence-corrected chi connectivity index (χ0v) is 15.8. The fourth-order valence-electron chi connectivity index (χ4n) is 4.07. The molecule has 8 heteroatoms. The molecule has 0 unspecified atom stereocenters. The molecular weight excluding hydrogens is 376 g/mol. The van der Waals surface area contributed by atoms with Gasteiger partial charge in [-0.25, -0.2) is 13.8 Å². The first-order chi connectivity index (χ1) is 14.0. The molecular formula is C21H17F2N5O. The standard InChI is InChI=1S/C21H17F2N5O/c1-11-18-13(12-6-5-7-14(22)19(12)23)10-17(29)25-20(18)28(26-11)21-24-15-8-3-4-9-16(15)27(21)2/h3-9,13H,10H2,1-2H3,(H,25,29)/t13-/m1/s1. The topological polar surface area (TPSA) is 64.7 Å². The van der Waals surface area contributed by atoms with Gasteiger partial charge >= 0.3 is 0 Å². The summed E-state index contributed by atoms with van der Waals surface area (Å²) in [5.74, 6) is -1.82. The van der Waals surface area contributed by atoms with E-state index in [0.717, 1.165) is 17.1 Å². The Balaban J connectivity index is 1.73. The summed E-state index contributed by atoms with van der Waals surface area (Å²) in [5, 5.41) is 7.43. The summed E-state index contributed by atoms with van der Waals surface area (Å²) < 4.78 is 31.8. The third-order valence-corrected chi connectivity index (χ3v) is 5.41. The summed E-state index contributed by atoms with van der Waals surface area (Å²) in [6.45, 7) is 1.79. The highest BCUT2D eigenvalue weighted by Gasteiger charge is 2.35. The van der Waals surface area contributed by atoms with Crippen LogP contribution in [0.15, 0.2) is 42.5 Å². The number of anilines is 1. The molecule has 1 atom stereocenters. The summed E-state index contributed by atoms with van der Waals surface area (Å²) in [6.07, 6.45) is 0.0163. The lowest BCUT2D eigenvalue weighted by molar-refractivity contribution is -0.116. The number of nitrogens with zero attached hydrogens (tertiary/aromatic N) is 4. The van der Waals surface area contributed by atoms with E-state index in [0.29, 0.717) is 23.0 Å². The van der Waals surface area contributed by atoms with Crippen LogP contribution < -0.4 is 5.32 Å². The molecule has 0 saturated carbocycles. The van der Waals surface area contributed by atoms with E-state index in [9.17, 15) is 13.6 Å². The van der Waals surface area contributed by atoms with Gasteiger partial charge in [-0.2, -0.15) is 9.78 Å². The Morgan fingerprint density at radius 2 is 1.93 bits per heavy atom. The van der Waals surface area contributed by atoms with Crippen LogP contribution in [-0.2, 0) is 11.8 Å². The minimum atomic E-state index is -0.937. The van der Waals surface area contributed by atoms with Gasteiger partial charge in [0.15, 0.2) is 11.6 Å². The van der Waals surface area contributed by atoms with Gasteiger partial charge in [0.25, 0.3) is 0 Å².